The van der Waals surface area contributed by atoms with Crippen LogP contribution in [0.25, 0.3) is 10.9 Å². The van der Waals surface area contributed by atoms with E-state index in [4.69, 9.17) is 15.3 Å². The van der Waals surface area contributed by atoms with Crippen molar-refractivity contribution in [1.29, 1.82) is 5.41 Å². The fourth-order valence-electron chi connectivity index (χ4n) is 1.06. The quantitative estimate of drug-likeness (QED) is 0.489. The lowest BCUT2D eigenvalue weighted by atomic mass is 10.2. The van der Waals surface area contributed by atoms with E-state index in [9.17, 15) is 0 Å². The van der Waals surface area contributed by atoms with Crippen LogP contribution in [-0.2, 0) is 4.79 Å². The first-order valence-electron chi connectivity index (χ1n) is 3.86. The van der Waals surface area contributed by atoms with Crippen molar-refractivity contribution in [2.75, 3.05) is 0 Å². The molecule has 2 N–H and O–H groups in total. The summed E-state index contributed by atoms with van der Waals surface area (Å²) < 4.78 is 0. The smallest absolute Gasteiger partial charge is 0.231 e. The van der Waals surface area contributed by atoms with E-state index >= 15 is 0 Å². The molecule has 1 aromatic carbocycles. The average molecular weight is 188 g/mol. The van der Waals surface area contributed by atoms with Gasteiger partial charge in [-0.3, -0.25) is 0 Å². The maximum Gasteiger partial charge on any atom is 0.231 e. The average Bonchev–Trinajstić information content (AvgIpc) is 2.19. The fourth-order valence-corrected chi connectivity index (χ4v) is 1.06. The van der Waals surface area contributed by atoms with Crippen LogP contribution in [0.4, 0.5) is 0 Å². The molecule has 70 valence electrons. The van der Waals surface area contributed by atoms with Crippen LogP contribution in [0.3, 0.4) is 0 Å². The van der Waals surface area contributed by atoms with Gasteiger partial charge in [-0.2, -0.15) is 0 Å². The Hall–Kier alpha value is -2.19. The van der Waals surface area contributed by atoms with Gasteiger partial charge in [0.25, 0.3) is 0 Å². The summed E-state index contributed by atoms with van der Waals surface area (Å²) in [4.78, 5) is 12.3. The van der Waals surface area contributed by atoms with Gasteiger partial charge in [0, 0.05) is 11.5 Å². The molecule has 4 nitrogen and oxygen atoms in total. The number of aromatic nitrogens is 1. The Labute approximate surface area is 80.3 Å². The van der Waals surface area contributed by atoms with E-state index in [0.717, 1.165) is 17.0 Å². The van der Waals surface area contributed by atoms with Gasteiger partial charge in [0.1, 0.15) is 0 Å². The lowest BCUT2D eigenvalue weighted by Gasteiger charge is -1.95. The van der Waals surface area contributed by atoms with Crippen LogP contribution in [0.15, 0.2) is 36.4 Å². The van der Waals surface area contributed by atoms with Crippen molar-refractivity contribution in [3.05, 3.63) is 36.4 Å². The van der Waals surface area contributed by atoms with Crippen LogP contribution in [0.1, 0.15) is 0 Å². The number of isocyanates is 1. The minimum absolute atomic E-state index is 0.0729. The minimum Gasteiger partial charge on any atom is -0.493 e. The molecule has 0 saturated carbocycles. The van der Waals surface area contributed by atoms with Gasteiger partial charge < -0.3 is 5.11 Å². The molecule has 1 aromatic heterocycles. The lowest BCUT2D eigenvalue weighted by Crippen LogP contribution is -1.76. The molecule has 0 radical (unpaired) electrons. The molecule has 0 unspecified atom stereocenters. The molecule has 14 heavy (non-hydrogen) atoms. The highest BCUT2D eigenvalue weighted by molar-refractivity contribution is 5.78. The van der Waals surface area contributed by atoms with Crippen LogP contribution in [-0.4, -0.2) is 16.2 Å². The highest BCUT2D eigenvalue weighted by Gasteiger charge is 1.92. The van der Waals surface area contributed by atoms with E-state index in [-0.39, 0.29) is 5.88 Å². The zero-order valence-electron chi connectivity index (χ0n) is 7.27. The second-order valence-electron chi connectivity index (χ2n) is 2.46. The molecule has 0 saturated heterocycles. The number of nitrogens with zero attached hydrogens (tertiary/aromatic N) is 1. The van der Waals surface area contributed by atoms with Gasteiger partial charge in [-0.25, -0.2) is 15.2 Å². The predicted octanol–water partition coefficient (Wildman–Crippen LogP) is 1.84. The van der Waals surface area contributed by atoms with Crippen molar-refractivity contribution < 1.29 is 9.90 Å². The van der Waals surface area contributed by atoms with Gasteiger partial charge in [-0.15, -0.1) is 0 Å². The Kier molecular flexibility index (Phi) is 3.35. The number of nitrogens with one attached hydrogen (secondary N) is 1. The topological polar surface area (TPSA) is 74.0 Å². The number of hydrogen-bond donors (Lipinski definition) is 2. The van der Waals surface area contributed by atoms with Crippen molar-refractivity contribution in [2.24, 2.45) is 0 Å². The number of fused-ring (bicyclic) bond motifs is 1. The summed E-state index contributed by atoms with van der Waals surface area (Å²) in [7, 11) is 0. The predicted molar refractivity (Wildman–Crippen MR) is 51.8 cm³/mol. The van der Waals surface area contributed by atoms with E-state index in [1.165, 1.54) is 0 Å². The largest absolute Gasteiger partial charge is 0.493 e. The summed E-state index contributed by atoms with van der Waals surface area (Å²) in [5.41, 5.74) is 0.826. The van der Waals surface area contributed by atoms with Gasteiger partial charge >= 0.3 is 0 Å². The minimum atomic E-state index is 0.0729. The molecule has 0 aliphatic heterocycles. The molecular weight excluding hydrogens is 180 g/mol. The van der Waals surface area contributed by atoms with Gasteiger partial charge in [0.05, 0.1) is 5.52 Å². The van der Waals surface area contributed by atoms with Crippen LogP contribution < -0.4 is 0 Å². The van der Waals surface area contributed by atoms with Gasteiger partial charge in [-0.1, -0.05) is 18.2 Å². The Morgan fingerprint density at radius 3 is 2.57 bits per heavy atom. The molecule has 2 rings (SSSR count). The summed E-state index contributed by atoms with van der Waals surface area (Å²) >= 11 is 0. The molecule has 0 spiro atoms. The normalized spacial score (nSPS) is 8.57. The first-order valence-corrected chi connectivity index (χ1v) is 3.86. The number of para-hydroxylation sites is 1. The standard InChI is InChI=1S/C9H7NO.CHNO/c11-9-6-5-7-3-1-2-4-8(7)10-9;2-1-3/h1-6H,(H,10,11);2H. The molecule has 1 heterocycles. The maximum atomic E-state index is 9.02. The summed E-state index contributed by atoms with van der Waals surface area (Å²) in [6.07, 6.45) is 0.750. The number of carbonyl (C=O) groups excluding carboxylic acids is 1. The third-order valence-electron chi connectivity index (χ3n) is 1.58. The van der Waals surface area contributed by atoms with Gasteiger partial charge in [0.2, 0.25) is 12.0 Å². The Balaban J connectivity index is 0.000000293. The molecule has 0 aliphatic rings. The number of rotatable bonds is 0. The zero-order valence-corrected chi connectivity index (χ0v) is 7.27. The number of hydrogen-bond acceptors (Lipinski definition) is 4. The van der Waals surface area contributed by atoms with E-state index in [1.54, 1.807) is 6.07 Å². The van der Waals surface area contributed by atoms with E-state index in [0.29, 0.717) is 0 Å². The van der Waals surface area contributed by atoms with Gasteiger partial charge in [0.15, 0.2) is 0 Å². The molecule has 0 atom stereocenters. The maximum absolute atomic E-state index is 9.02. The molecule has 0 bridgehead atoms. The SMILES string of the molecule is N=C=O.Oc1ccc2ccccc2n1. The molecule has 2 aromatic rings. The second kappa shape index (κ2) is 4.74. The molecule has 0 fully saturated rings. The Bertz CT molecular complexity index is 462. The monoisotopic (exact) mass is 188 g/mol. The van der Waals surface area contributed by atoms with Crippen molar-refractivity contribution in [3.8, 4) is 5.88 Å². The van der Waals surface area contributed by atoms with Crippen LogP contribution in [0, 0.1) is 5.41 Å². The van der Waals surface area contributed by atoms with E-state index in [2.05, 4.69) is 4.98 Å². The summed E-state index contributed by atoms with van der Waals surface area (Å²) in [6, 6.07) is 11.1. The summed E-state index contributed by atoms with van der Waals surface area (Å²) in [6.45, 7) is 0. The third kappa shape index (κ3) is 2.40. The van der Waals surface area contributed by atoms with E-state index in [1.807, 2.05) is 30.3 Å². The van der Waals surface area contributed by atoms with Crippen molar-refractivity contribution in [1.82, 2.24) is 4.98 Å². The van der Waals surface area contributed by atoms with Crippen molar-refractivity contribution >= 4 is 17.0 Å². The second-order valence-corrected chi connectivity index (χ2v) is 2.46. The summed E-state index contributed by atoms with van der Waals surface area (Å²) in [5.74, 6) is 0.0729. The van der Waals surface area contributed by atoms with Crippen LogP contribution in [0.2, 0.25) is 0 Å². The fraction of sp³-hybridized carbons (Fsp3) is 0. The Morgan fingerprint density at radius 1 is 1.21 bits per heavy atom. The van der Waals surface area contributed by atoms with E-state index < -0.39 is 0 Å². The van der Waals surface area contributed by atoms with Crippen LogP contribution in [0.5, 0.6) is 5.88 Å². The third-order valence-corrected chi connectivity index (χ3v) is 1.58. The molecule has 4 heteroatoms. The van der Waals surface area contributed by atoms with Crippen molar-refractivity contribution in [3.63, 3.8) is 0 Å². The highest BCUT2D eigenvalue weighted by Crippen LogP contribution is 2.14. The first kappa shape index (κ1) is 9.89. The molecule has 0 aliphatic carbocycles. The zero-order chi connectivity index (χ0) is 10.4. The number of pyridine rings is 1. The number of aromatic hydroxyl groups is 1. The number of benzene rings is 1. The highest BCUT2D eigenvalue weighted by atomic mass is 16.3. The molecular formula is C10H8N2O2. The molecule has 0 amide bonds. The van der Waals surface area contributed by atoms with Gasteiger partial charge in [-0.05, 0) is 12.1 Å². The lowest BCUT2D eigenvalue weighted by molar-refractivity contribution is 0.456. The first-order chi connectivity index (χ1) is 6.77. The Morgan fingerprint density at radius 2 is 1.86 bits per heavy atom. The van der Waals surface area contributed by atoms with Crippen LogP contribution >= 0.6 is 0 Å². The van der Waals surface area contributed by atoms with Crippen molar-refractivity contribution in [2.45, 2.75) is 0 Å². The summed E-state index contributed by atoms with van der Waals surface area (Å²) in [5, 5.41) is 15.5.